The van der Waals surface area contributed by atoms with Gasteiger partial charge in [0.1, 0.15) is 0 Å². The van der Waals surface area contributed by atoms with E-state index < -0.39 is 0 Å². The highest BCUT2D eigenvalue weighted by Gasteiger charge is 2.16. The molecule has 0 amide bonds. The van der Waals surface area contributed by atoms with Gasteiger partial charge in [0.2, 0.25) is 5.56 Å². The molecule has 4 heterocycles. The van der Waals surface area contributed by atoms with Crippen LogP contribution in [0.1, 0.15) is 13.3 Å². The fourth-order valence-corrected chi connectivity index (χ4v) is 4.41. The second-order valence-electron chi connectivity index (χ2n) is 8.20. The lowest BCUT2D eigenvalue weighted by atomic mass is 10.1. The smallest absolute Gasteiger partial charge is 0.248 e. The minimum absolute atomic E-state index is 0.121. The van der Waals surface area contributed by atoms with E-state index in [1.54, 1.807) is 18.5 Å². The molecule has 7 nitrogen and oxygen atoms in total. The van der Waals surface area contributed by atoms with Crippen molar-refractivity contribution in [3.05, 3.63) is 77.5 Å². The van der Waals surface area contributed by atoms with Gasteiger partial charge >= 0.3 is 0 Å². The van der Waals surface area contributed by atoms with Crippen molar-refractivity contribution in [1.82, 2.24) is 19.3 Å². The highest BCUT2D eigenvalue weighted by Crippen LogP contribution is 2.28. The Labute approximate surface area is 187 Å². The van der Waals surface area contributed by atoms with Crippen LogP contribution in [0.25, 0.3) is 16.9 Å². The lowest BCUT2D eigenvalue weighted by Gasteiger charge is -2.36. The molecule has 0 radical (unpaired) electrons. The molecule has 0 atom stereocenters. The summed E-state index contributed by atoms with van der Waals surface area (Å²) in [5, 5.41) is 3.50. The lowest BCUT2D eigenvalue weighted by molar-refractivity contribution is 0.258. The zero-order valence-corrected chi connectivity index (χ0v) is 18.3. The summed E-state index contributed by atoms with van der Waals surface area (Å²) in [7, 11) is 0. The van der Waals surface area contributed by atoms with Gasteiger partial charge in [0.05, 0.1) is 11.4 Å². The molecule has 0 saturated carbocycles. The van der Waals surface area contributed by atoms with E-state index in [1.807, 2.05) is 28.8 Å². The van der Waals surface area contributed by atoms with Crippen molar-refractivity contribution in [3.8, 4) is 11.3 Å². The number of piperazine rings is 1. The van der Waals surface area contributed by atoms with E-state index >= 15 is 0 Å². The molecule has 0 aliphatic carbocycles. The molecule has 164 valence electrons. The van der Waals surface area contributed by atoms with Crippen LogP contribution in [-0.2, 0) is 0 Å². The van der Waals surface area contributed by atoms with Gasteiger partial charge in [0, 0.05) is 67.8 Å². The third-order valence-corrected chi connectivity index (χ3v) is 6.04. The first-order valence-electron chi connectivity index (χ1n) is 11.2. The number of benzene rings is 1. The Kier molecular flexibility index (Phi) is 5.64. The van der Waals surface area contributed by atoms with Gasteiger partial charge in [0.15, 0.2) is 5.65 Å². The lowest BCUT2D eigenvalue weighted by Crippen LogP contribution is -2.46. The van der Waals surface area contributed by atoms with Crippen molar-refractivity contribution in [3.63, 3.8) is 0 Å². The average molecular weight is 429 g/mol. The molecule has 0 bridgehead atoms. The van der Waals surface area contributed by atoms with Gasteiger partial charge in [-0.3, -0.25) is 14.1 Å². The van der Waals surface area contributed by atoms with Crippen LogP contribution in [0.2, 0.25) is 0 Å². The van der Waals surface area contributed by atoms with E-state index in [0.717, 1.165) is 54.5 Å². The summed E-state index contributed by atoms with van der Waals surface area (Å²) in [4.78, 5) is 23.9. The number of anilines is 3. The Hall–Kier alpha value is -3.58. The van der Waals surface area contributed by atoms with E-state index in [9.17, 15) is 4.79 Å². The van der Waals surface area contributed by atoms with E-state index in [1.165, 1.54) is 18.7 Å². The number of imidazole rings is 1. The molecule has 32 heavy (non-hydrogen) atoms. The van der Waals surface area contributed by atoms with Crippen LogP contribution in [0.15, 0.2) is 71.9 Å². The number of aromatic nitrogens is 3. The van der Waals surface area contributed by atoms with Gasteiger partial charge in [-0.15, -0.1) is 0 Å². The van der Waals surface area contributed by atoms with Crippen LogP contribution in [0, 0.1) is 0 Å². The fourth-order valence-electron chi connectivity index (χ4n) is 4.41. The van der Waals surface area contributed by atoms with Gasteiger partial charge in [0.25, 0.3) is 0 Å². The summed E-state index contributed by atoms with van der Waals surface area (Å²) >= 11 is 0. The highest BCUT2D eigenvalue weighted by atomic mass is 16.1. The maximum Gasteiger partial charge on any atom is 0.248 e. The Bertz CT molecular complexity index is 1250. The summed E-state index contributed by atoms with van der Waals surface area (Å²) in [5.41, 5.74) is 5.68. The third-order valence-electron chi connectivity index (χ3n) is 6.04. The Balaban J connectivity index is 1.34. The maximum atomic E-state index is 11.7. The highest BCUT2D eigenvalue weighted by molar-refractivity contribution is 5.78. The van der Waals surface area contributed by atoms with Gasteiger partial charge < -0.3 is 15.2 Å². The molecule has 1 aromatic carbocycles. The van der Waals surface area contributed by atoms with Crippen LogP contribution < -0.4 is 15.8 Å². The number of H-pyrrole nitrogens is 1. The van der Waals surface area contributed by atoms with Crippen LogP contribution in [0.5, 0.6) is 0 Å². The van der Waals surface area contributed by atoms with Crippen LogP contribution in [0.4, 0.5) is 17.1 Å². The van der Waals surface area contributed by atoms with Crippen molar-refractivity contribution >= 4 is 22.7 Å². The molecule has 4 aromatic rings. The maximum absolute atomic E-state index is 11.7. The van der Waals surface area contributed by atoms with Crippen molar-refractivity contribution in [2.75, 3.05) is 42.9 Å². The number of aromatic amines is 1. The molecule has 2 N–H and O–H groups in total. The quantitative estimate of drug-likeness (QED) is 0.486. The number of hydrogen-bond acceptors (Lipinski definition) is 5. The SMILES string of the molecule is CCCN1CCN(c2ccc(Nc3ccc(-c4cc[nH]c(=O)c4)n4ccnc34)cc2)CC1. The molecule has 0 unspecified atom stereocenters. The average Bonchev–Trinajstić information content (AvgIpc) is 3.31. The monoisotopic (exact) mass is 428 g/mol. The Morgan fingerprint density at radius 3 is 2.59 bits per heavy atom. The number of nitrogens with one attached hydrogen (secondary N) is 2. The predicted molar refractivity (Wildman–Crippen MR) is 130 cm³/mol. The predicted octanol–water partition coefficient (Wildman–Crippen LogP) is 3.97. The first kappa shape index (κ1) is 20.3. The summed E-state index contributed by atoms with van der Waals surface area (Å²) < 4.78 is 2.00. The number of rotatable bonds is 6. The van der Waals surface area contributed by atoms with Gasteiger partial charge in [-0.2, -0.15) is 0 Å². The third kappa shape index (κ3) is 4.11. The standard InChI is InChI=1S/C25H28N6O/c1-2-12-29-14-16-30(17-15-29)21-5-3-20(4-6-21)28-22-7-8-23(31-13-11-27-25(22)31)19-9-10-26-24(32)18-19/h3-11,13,18,28H,2,12,14-17H2,1H3,(H,26,32). The van der Waals surface area contributed by atoms with E-state index in [4.69, 9.17) is 0 Å². The summed E-state index contributed by atoms with van der Waals surface area (Å²) in [5.74, 6) is 0. The first-order valence-corrected chi connectivity index (χ1v) is 11.2. The van der Waals surface area contributed by atoms with E-state index in [2.05, 4.69) is 56.3 Å². The van der Waals surface area contributed by atoms with Crippen molar-refractivity contribution in [2.45, 2.75) is 13.3 Å². The zero-order valence-electron chi connectivity index (χ0n) is 18.3. The van der Waals surface area contributed by atoms with Crippen LogP contribution in [0.3, 0.4) is 0 Å². The first-order chi connectivity index (χ1) is 15.7. The molecule has 7 heteroatoms. The molecule has 3 aromatic heterocycles. The van der Waals surface area contributed by atoms with E-state index in [0.29, 0.717) is 0 Å². The topological polar surface area (TPSA) is 68.7 Å². The number of nitrogens with zero attached hydrogens (tertiary/aromatic N) is 4. The molecular formula is C25H28N6O. The minimum atomic E-state index is -0.121. The largest absolute Gasteiger partial charge is 0.369 e. The van der Waals surface area contributed by atoms with Crippen molar-refractivity contribution in [1.29, 1.82) is 0 Å². The zero-order chi connectivity index (χ0) is 21.9. The summed E-state index contributed by atoms with van der Waals surface area (Å²) in [6.07, 6.45) is 6.57. The van der Waals surface area contributed by atoms with Crippen LogP contribution >= 0.6 is 0 Å². The minimum Gasteiger partial charge on any atom is -0.369 e. The fraction of sp³-hybridized carbons (Fsp3) is 0.280. The second kappa shape index (κ2) is 8.88. The van der Waals surface area contributed by atoms with Gasteiger partial charge in [-0.05, 0) is 55.4 Å². The second-order valence-corrected chi connectivity index (χ2v) is 8.20. The van der Waals surface area contributed by atoms with Crippen molar-refractivity contribution in [2.24, 2.45) is 0 Å². The summed E-state index contributed by atoms with van der Waals surface area (Å²) in [6, 6.07) is 16.1. The molecule has 0 spiro atoms. The number of pyridine rings is 2. The van der Waals surface area contributed by atoms with Gasteiger partial charge in [-0.25, -0.2) is 4.98 Å². The van der Waals surface area contributed by atoms with Crippen LogP contribution in [-0.4, -0.2) is 52.0 Å². The molecule has 1 aliphatic rings. The Morgan fingerprint density at radius 1 is 1.03 bits per heavy atom. The Morgan fingerprint density at radius 2 is 1.84 bits per heavy atom. The molecular weight excluding hydrogens is 400 g/mol. The van der Waals surface area contributed by atoms with Gasteiger partial charge in [-0.1, -0.05) is 6.92 Å². The number of fused-ring (bicyclic) bond motifs is 1. The van der Waals surface area contributed by atoms with Crippen molar-refractivity contribution < 1.29 is 0 Å². The molecule has 5 rings (SSSR count). The normalized spacial score (nSPS) is 14.7. The molecule has 1 fully saturated rings. The summed E-state index contributed by atoms with van der Waals surface area (Å²) in [6.45, 7) is 7.84. The molecule has 1 saturated heterocycles. The molecule has 1 aliphatic heterocycles. The van der Waals surface area contributed by atoms with E-state index in [-0.39, 0.29) is 5.56 Å². The number of hydrogen-bond donors (Lipinski definition) is 2.